The third-order valence-corrected chi connectivity index (χ3v) is 6.29. The predicted octanol–water partition coefficient (Wildman–Crippen LogP) is 1.74. The van der Waals surface area contributed by atoms with Crippen molar-refractivity contribution in [1.82, 2.24) is 14.1 Å². The molecule has 3 aromatic rings. The predicted molar refractivity (Wildman–Crippen MR) is 122 cm³/mol. The fraction of sp³-hybridized carbons (Fsp3) is 0.375. The van der Waals surface area contributed by atoms with Crippen LogP contribution < -0.4 is 16.1 Å². The number of hydrogen-bond donors (Lipinski definition) is 0. The summed E-state index contributed by atoms with van der Waals surface area (Å²) in [5.74, 6) is -0.801. The minimum absolute atomic E-state index is 0.00503. The maximum atomic E-state index is 13.5. The number of nitrogens with zero attached hydrogens (tertiary/aromatic N) is 4. The first-order valence-electron chi connectivity index (χ1n) is 11.1. The van der Waals surface area contributed by atoms with Crippen molar-refractivity contribution in [3.63, 3.8) is 0 Å². The summed E-state index contributed by atoms with van der Waals surface area (Å²) >= 11 is 0. The summed E-state index contributed by atoms with van der Waals surface area (Å²) in [5.41, 5.74) is 1.35. The van der Waals surface area contributed by atoms with E-state index in [9.17, 15) is 19.2 Å². The molecule has 0 atom stereocenters. The highest BCUT2D eigenvalue weighted by Crippen LogP contribution is 2.40. The van der Waals surface area contributed by atoms with E-state index in [1.807, 2.05) is 24.3 Å². The average molecular weight is 448 g/mol. The standard InChI is InChI=1S/C24H24N4O5/c1-3-33-23(31)16-12-17(14-8-9-14)25-21-20(16)22(30)28(24(32)26(21)2)13-19(29)27-11-10-15-6-4-5-7-18(15)27/h4-7,12,14H,3,8-11,13H2,1-2H3. The van der Waals surface area contributed by atoms with Gasteiger partial charge in [0.05, 0.1) is 17.6 Å². The second kappa shape index (κ2) is 7.99. The number of benzene rings is 1. The van der Waals surface area contributed by atoms with Gasteiger partial charge >= 0.3 is 11.7 Å². The molecule has 33 heavy (non-hydrogen) atoms. The number of aryl methyl sites for hydroxylation is 1. The number of para-hydroxylation sites is 1. The van der Waals surface area contributed by atoms with Crippen LogP contribution in [0.25, 0.3) is 11.0 Å². The molecule has 2 aliphatic rings. The van der Waals surface area contributed by atoms with Gasteiger partial charge in [0.1, 0.15) is 12.2 Å². The fourth-order valence-corrected chi connectivity index (χ4v) is 4.41. The fourth-order valence-electron chi connectivity index (χ4n) is 4.41. The van der Waals surface area contributed by atoms with Crippen LogP contribution in [0.5, 0.6) is 0 Å². The lowest BCUT2D eigenvalue weighted by molar-refractivity contribution is -0.119. The third-order valence-electron chi connectivity index (χ3n) is 6.29. The number of carbonyl (C=O) groups excluding carboxylic acids is 2. The number of esters is 1. The number of ether oxygens (including phenoxy) is 1. The van der Waals surface area contributed by atoms with Gasteiger partial charge in [-0.1, -0.05) is 18.2 Å². The molecule has 2 aromatic heterocycles. The minimum atomic E-state index is -0.716. The number of fused-ring (bicyclic) bond motifs is 2. The molecule has 1 aliphatic heterocycles. The molecule has 1 amide bonds. The smallest absolute Gasteiger partial charge is 0.339 e. The van der Waals surface area contributed by atoms with Crippen LogP contribution in [0.15, 0.2) is 39.9 Å². The Morgan fingerprint density at radius 1 is 1.18 bits per heavy atom. The SMILES string of the molecule is CCOC(=O)c1cc(C2CC2)nc2c1c(=O)n(CC(=O)N1CCc3ccccc31)c(=O)n2C. The van der Waals surface area contributed by atoms with Gasteiger partial charge in [-0.3, -0.25) is 18.7 Å². The Hall–Kier alpha value is -3.75. The van der Waals surface area contributed by atoms with E-state index < -0.39 is 23.8 Å². The number of aromatic nitrogens is 3. The van der Waals surface area contributed by atoms with E-state index in [2.05, 4.69) is 4.98 Å². The Morgan fingerprint density at radius 2 is 1.94 bits per heavy atom. The minimum Gasteiger partial charge on any atom is -0.462 e. The molecule has 170 valence electrons. The van der Waals surface area contributed by atoms with E-state index >= 15 is 0 Å². The number of amides is 1. The molecule has 1 aromatic carbocycles. The van der Waals surface area contributed by atoms with E-state index in [0.717, 1.165) is 28.7 Å². The molecule has 0 radical (unpaired) electrons. The first-order chi connectivity index (χ1) is 15.9. The Morgan fingerprint density at radius 3 is 2.67 bits per heavy atom. The van der Waals surface area contributed by atoms with Crippen LogP contribution in [0.3, 0.4) is 0 Å². The van der Waals surface area contributed by atoms with Gasteiger partial charge in [-0.05, 0) is 43.9 Å². The van der Waals surface area contributed by atoms with Crippen LogP contribution in [0.2, 0.25) is 0 Å². The normalized spacial score (nSPS) is 15.0. The van der Waals surface area contributed by atoms with E-state index in [1.165, 1.54) is 11.6 Å². The molecule has 3 heterocycles. The molecule has 1 aliphatic carbocycles. The number of carbonyl (C=O) groups is 2. The molecule has 9 heteroatoms. The molecule has 0 N–H and O–H groups in total. The lowest BCUT2D eigenvalue weighted by atomic mass is 10.1. The van der Waals surface area contributed by atoms with E-state index in [-0.39, 0.29) is 35.0 Å². The first-order valence-corrected chi connectivity index (χ1v) is 11.1. The highest BCUT2D eigenvalue weighted by molar-refractivity contribution is 6.02. The van der Waals surface area contributed by atoms with Crippen molar-refractivity contribution in [2.24, 2.45) is 7.05 Å². The van der Waals surface area contributed by atoms with Crippen LogP contribution in [0, 0.1) is 0 Å². The second-order valence-corrected chi connectivity index (χ2v) is 8.45. The largest absolute Gasteiger partial charge is 0.462 e. The van der Waals surface area contributed by atoms with Crippen LogP contribution in [0.4, 0.5) is 5.69 Å². The summed E-state index contributed by atoms with van der Waals surface area (Å²) in [6, 6.07) is 9.16. The van der Waals surface area contributed by atoms with Crippen molar-refractivity contribution in [1.29, 1.82) is 0 Å². The van der Waals surface area contributed by atoms with Crippen LogP contribution >= 0.6 is 0 Å². The zero-order chi connectivity index (χ0) is 23.3. The van der Waals surface area contributed by atoms with E-state index in [1.54, 1.807) is 17.9 Å². The molecule has 0 bridgehead atoms. The van der Waals surface area contributed by atoms with Crippen molar-refractivity contribution >= 4 is 28.6 Å². The first kappa shape index (κ1) is 21.1. The lowest BCUT2D eigenvalue weighted by Gasteiger charge is -2.19. The van der Waals surface area contributed by atoms with E-state index in [4.69, 9.17) is 4.74 Å². The van der Waals surface area contributed by atoms with Crippen molar-refractivity contribution in [3.8, 4) is 0 Å². The van der Waals surface area contributed by atoms with Gasteiger partial charge in [-0.2, -0.15) is 0 Å². The highest BCUT2D eigenvalue weighted by atomic mass is 16.5. The molecule has 5 rings (SSSR count). The summed E-state index contributed by atoms with van der Waals surface area (Å²) in [4.78, 5) is 58.5. The van der Waals surface area contributed by atoms with Gasteiger partial charge in [0.15, 0.2) is 0 Å². The van der Waals surface area contributed by atoms with Gasteiger partial charge in [0.2, 0.25) is 5.91 Å². The summed E-state index contributed by atoms with van der Waals surface area (Å²) in [6.45, 7) is 1.89. The van der Waals surface area contributed by atoms with Crippen molar-refractivity contribution in [3.05, 3.63) is 68.0 Å². The molecule has 1 fully saturated rings. The zero-order valence-electron chi connectivity index (χ0n) is 18.5. The Balaban J connectivity index is 1.63. The van der Waals surface area contributed by atoms with Crippen LogP contribution in [0.1, 0.15) is 47.3 Å². The molecule has 1 saturated carbocycles. The van der Waals surface area contributed by atoms with Crippen molar-refractivity contribution < 1.29 is 14.3 Å². The topological polar surface area (TPSA) is 104 Å². The molecular formula is C24H24N4O5. The molecule has 0 spiro atoms. The Labute approximate surface area is 189 Å². The highest BCUT2D eigenvalue weighted by Gasteiger charge is 2.30. The number of anilines is 1. The van der Waals surface area contributed by atoms with Crippen molar-refractivity contribution in [2.45, 2.75) is 38.6 Å². The molecule has 0 saturated heterocycles. The molecular weight excluding hydrogens is 424 g/mol. The van der Waals surface area contributed by atoms with Crippen LogP contribution in [-0.2, 0) is 29.5 Å². The quantitative estimate of drug-likeness (QED) is 0.551. The summed E-state index contributed by atoms with van der Waals surface area (Å²) in [5, 5.41) is -0.00503. The number of hydrogen-bond acceptors (Lipinski definition) is 6. The molecule has 9 nitrogen and oxygen atoms in total. The Kier molecular flexibility index (Phi) is 5.11. The van der Waals surface area contributed by atoms with E-state index in [0.29, 0.717) is 18.7 Å². The summed E-state index contributed by atoms with van der Waals surface area (Å²) < 4.78 is 7.29. The monoisotopic (exact) mass is 448 g/mol. The molecule has 0 unspecified atom stereocenters. The second-order valence-electron chi connectivity index (χ2n) is 8.45. The maximum Gasteiger partial charge on any atom is 0.339 e. The van der Waals surface area contributed by atoms with Gasteiger partial charge in [0, 0.05) is 30.9 Å². The van der Waals surface area contributed by atoms with Crippen molar-refractivity contribution in [2.75, 3.05) is 18.1 Å². The third kappa shape index (κ3) is 3.53. The number of pyridine rings is 1. The number of rotatable bonds is 5. The lowest BCUT2D eigenvalue weighted by Crippen LogP contribution is -2.44. The zero-order valence-corrected chi connectivity index (χ0v) is 18.5. The van der Waals surface area contributed by atoms with Gasteiger partial charge in [-0.15, -0.1) is 0 Å². The van der Waals surface area contributed by atoms with Gasteiger partial charge in [-0.25, -0.2) is 14.6 Å². The summed E-state index contributed by atoms with van der Waals surface area (Å²) in [6.07, 6.45) is 2.60. The maximum absolute atomic E-state index is 13.5. The van der Waals surface area contributed by atoms with Gasteiger partial charge in [0.25, 0.3) is 5.56 Å². The van der Waals surface area contributed by atoms with Crippen LogP contribution in [-0.4, -0.2) is 39.1 Å². The van der Waals surface area contributed by atoms with Gasteiger partial charge < -0.3 is 9.64 Å². The Bertz CT molecular complexity index is 1420. The average Bonchev–Trinajstić information content (AvgIpc) is 3.58. The summed E-state index contributed by atoms with van der Waals surface area (Å²) in [7, 11) is 1.49.